The van der Waals surface area contributed by atoms with E-state index in [0.717, 1.165) is 23.3 Å². The largest absolute Gasteiger partial charge is 0.387 e. The van der Waals surface area contributed by atoms with Crippen LogP contribution in [0.4, 0.5) is 0 Å². The Balaban J connectivity index is 0.000000181. The minimum absolute atomic E-state index is 0.579. The highest BCUT2D eigenvalue weighted by Gasteiger charge is 2.10. The Labute approximate surface area is 99.7 Å². The SMILES string of the molecule is C=Cc1ccccc1C=C.O=C1C=CC(=O)O1. The lowest BCUT2D eigenvalue weighted by atomic mass is 10.1. The lowest BCUT2D eigenvalue weighted by Crippen LogP contribution is -1.96. The zero-order valence-electron chi connectivity index (χ0n) is 9.26. The highest BCUT2D eigenvalue weighted by molar-refractivity contribution is 6.04. The average Bonchev–Trinajstić information content (AvgIpc) is 2.73. The van der Waals surface area contributed by atoms with Gasteiger partial charge < -0.3 is 4.74 Å². The Morgan fingerprint density at radius 2 is 1.29 bits per heavy atom. The van der Waals surface area contributed by atoms with E-state index >= 15 is 0 Å². The predicted octanol–water partition coefficient (Wildman–Crippen LogP) is 2.60. The van der Waals surface area contributed by atoms with Crippen LogP contribution in [0, 0.1) is 0 Å². The van der Waals surface area contributed by atoms with Crippen LogP contribution in [0.15, 0.2) is 49.6 Å². The molecule has 0 fully saturated rings. The van der Waals surface area contributed by atoms with Crippen LogP contribution in [0.1, 0.15) is 11.1 Å². The van der Waals surface area contributed by atoms with E-state index in [-0.39, 0.29) is 0 Å². The molecular formula is C14H12O3. The van der Waals surface area contributed by atoms with Gasteiger partial charge >= 0.3 is 11.9 Å². The molecule has 0 aromatic heterocycles. The second-order valence-electron chi connectivity index (χ2n) is 3.11. The smallest absolute Gasteiger partial charge is 0.338 e. The molecule has 0 saturated carbocycles. The zero-order chi connectivity index (χ0) is 12.7. The van der Waals surface area contributed by atoms with Crippen LogP contribution in [0.5, 0.6) is 0 Å². The lowest BCUT2D eigenvalue weighted by molar-refractivity contribution is -0.150. The zero-order valence-corrected chi connectivity index (χ0v) is 9.26. The molecule has 0 atom stereocenters. The number of ether oxygens (including phenoxy) is 1. The van der Waals surface area contributed by atoms with Gasteiger partial charge in [-0.25, -0.2) is 9.59 Å². The standard InChI is InChI=1S/C10H10.C4H2O3/c1-3-9-7-5-6-8-10(9)4-2;5-3-1-2-4(6)7-3/h3-8H,1-2H2;1-2H. The Morgan fingerprint density at radius 3 is 1.53 bits per heavy atom. The molecule has 1 aliphatic rings. The maximum Gasteiger partial charge on any atom is 0.338 e. The van der Waals surface area contributed by atoms with Gasteiger partial charge in [0.15, 0.2) is 0 Å². The summed E-state index contributed by atoms with van der Waals surface area (Å²) in [4.78, 5) is 19.8. The molecule has 0 amide bonds. The Kier molecular flexibility index (Phi) is 4.63. The van der Waals surface area contributed by atoms with Gasteiger partial charge in [-0.15, -0.1) is 0 Å². The number of benzene rings is 1. The van der Waals surface area contributed by atoms with Gasteiger partial charge in [-0.05, 0) is 11.1 Å². The second kappa shape index (κ2) is 6.23. The number of carbonyl (C=O) groups is 2. The maximum absolute atomic E-state index is 9.92. The summed E-state index contributed by atoms with van der Waals surface area (Å²) in [6.07, 6.45) is 5.83. The summed E-state index contributed by atoms with van der Waals surface area (Å²) in [7, 11) is 0. The Bertz CT molecular complexity index is 441. The molecule has 0 bridgehead atoms. The molecule has 1 aromatic rings. The Morgan fingerprint density at radius 1 is 0.882 bits per heavy atom. The van der Waals surface area contributed by atoms with E-state index < -0.39 is 11.9 Å². The van der Waals surface area contributed by atoms with Crippen LogP contribution in [-0.4, -0.2) is 11.9 Å². The van der Waals surface area contributed by atoms with Crippen molar-refractivity contribution in [3.63, 3.8) is 0 Å². The van der Waals surface area contributed by atoms with Gasteiger partial charge in [-0.3, -0.25) is 0 Å². The van der Waals surface area contributed by atoms with Crippen molar-refractivity contribution in [2.45, 2.75) is 0 Å². The van der Waals surface area contributed by atoms with E-state index in [1.54, 1.807) is 0 Å². The van der Waals surface area contributed by atoms with Gasteiger partial charge in [-0.1, -0.05) is 49.6 Å². The minimum atomic E-state index is -0.579. The van der Waals surface area contributed by atoms with Crippen LogP contribution in [-0.2, 0) is 14.3 Å². The molecule has 1 heterocycles. The van der Waals surface area contributed by atoms with E-state index in [9.17, 15) is 9.59 Å². The van der Waals surface area contributed by atoms with Crippen molar-refractivity contribution in [3.8, 4) is 0 Å². The predicted molar refractivity (Wildman–Crippen MR) is 66.9 cm³/mol. The number of cyclic esters (lactones) is 2. The van der Waals surface area contributed by atoms with E-state index in [0.29, 0.717) is 0 Å². The fourth-order valence-electron chi connectivity index (χ4n) is 1.19. The molecule has 3 nitrogen and oxygen atoms in total. The van der Waals surface area contributed by atoms with Crippen molar-refractivity contribution in [3.05, 3.63) is 60.7 Å². The van der Waals surface area contributed by atoms with E-state index in [2.05, 4.69) is 17.9 Å². The maximum atomic E-state index is 9.92. The van der Waals surface area contributed by atoms with Crippen molar-refractivity contribution in [2.24, 2.45) is 0 Å². The molecule has 0 aliphatic carbocycles. The van der Waals surface area contributed by atoms with Gasteiger partial charge in [0.2, 0.25) is 0 Å². The normalized spacial score (nSPS) is 12.5. The van der Waals surface area contributed by atoms with E-state index in [4.69, 9.17) is 0 Å². The van der Waals surface area contributed by atoms with Gasteiger partial charge in [0.1, 0.15) is 0 Å². The second-order valence-corrected chi connectivity index (χ2v) is 3.11. The summed E-state index contributed by atoms with van der Waals surface area (Å²) in [6.45, 7) is 7.38. The van der Waals surface area contributed by atoms with Crippen molar-refractivity contribution >= 4 is 24.1 Å². The van der Waals surface area contributed by atoms with Crippen LogP contribution < -0.4 is 0 Å². The average molecular weight is 228 g/mol. The number of rotatable bonds is 2. The first-order valence-corrected chi connectivity index (χ1v) is 4.95. The first-order valence-electron chi connectivity index (χ1n) is 4.95. The molecule has 1 aromatic carbocycles. The molecule has 0 unspecified atom stereocenters. The molecule has 0 spiro atoms. The highest BCUT2D eigenvalue weighted by atomic mass is 16.6. The number of hydrogen-bond acceptors (Lipinski definition) is 3. The van der Waals surface area contributed by atoms with E-state index in [1.807, 2.05) is 36.4 Å². The van der Waals surface area contributed by atoms with Crippen LogP contribution in [0.3, 0.4) is 0 Å². The highest BCUT2D eigenvalue weighted by Crippen LogP contribution is 2.10. The molecule has 17 heavy (non-hydrogen) atoms. The first kappa shape index (κ1) is 12.6. The molecule has 2 rings (SSSR count). The van der Waals surface area contributed by atoms with Crippen molar-refractivity contribution in [1.29, 1.82) is 0 Å². The third-order valence-electron chi connectivity index (χ3n) is 1.99. The fraction of sp³-hybridized carbons (Fsp3) is 0. The molecule has 86 valence electrons. The van der Waals surface area contributed by atoms with Gasteiger partial charge in [0.25, 0.3) is 0 Å². The van der Waals surface area contributed by atoms with Crippen molar-refractivity contribution in [1.82, 2.24) is 0 Å². The van der Waals surface area contributed by atoms with Crippen LogP contribution in [0.2, 0.25) is 0 Å². The third kappa shape index (κ3) is 3.91. The summed E-state index contributed by atoms with van der Waals surface area (Å²) in [5.74, 6) is -1.16. The van der Waals surface area contributed by atoms with Crippen molar-refractivity contribution < 1.29 is 14.3 Å². The quantitative estimate of drug-likeness (QED) is 0.577. The Hall–Kier alpha value is -2.42. The summed E-state index contributed by atoms with van der Waals surface area (Å²) in [5.41, 5.74) is 2.27. The molecule has 0 saturated heterocycles. The third-order valence-corrected chi connectivity index (χ3v) is 1.99. The van der Waals surface area contributed by atoms with E-state index in [1.165, 1.54) is 0 Å². The number of esters is 2. The summed E-state index contributed by atoms with van der Waals surface area (Å²) >= 11 is 0. The topological polar surface area (TPSA) is 43.4 Å². The number of hydrogen-bond donors (Lipinski definition) is 0. The molecule has 1 aliphatic heterocycles. The first-order chi connectivity index (χ1) is 8.17. The number of carbonyl (C=O) groups excluding carboxylic acids is 2. The molecule has 3 heteroatoms. The van der Waals surface area contributed by atoms with Gasteiger partial charge in [-0.2, -0.15) is 0 Å². The van der Waals surface area contributed by atoms with Gasteiger partial charge in [0.05, 0.1) is 0 Å². The van der Waals surface area contributed by atoms with Crippen LogP contribution in [0.25, 0.3) is 12.2 Å². The molecular weight excluding hydrogens is 216 g/mol. The lowest BCUT2D eigenvalue weighted by Gasteiger charge is -1.96. The summed E-state index contributed by atoms with van der Waals surface area (Å²) < 4.78 is 3.97. The fourth-order valence-corrected chi connectivity index (χ4v) is 1.19. The van der Waals surface area contributed by atoms with Crippen LogP contribution >= 0.6 is 0 Å². The molecule has 0 radical (unpaired) electrons. The molecule has 0 N–H and O–H groups in total. The summed E-state index contributed by atoms with van der Waals surface area (Å²) in [6, 6.07) is 8.02. The minimum Gasteiger partial charge on any atom is -0.387 e. The van der Waals surface area contributed by atoms with Crippen molar-refractivity contribution in [2.75, 3.05) is 0 Å². The monoisotopic (exact) mass is 228 g/mol. The summed E-state index contributed by atoms with van der Waals surface area (Å²) in [5, 5.41) is 0. The van der Waals surface area contributed by atoms with Gasteiger partial charge in [0, 0.05) is 12.2 Å².